The molecule has 0 fully saturated rings. The number of hydrogen-bond acceptors (Lipinski definition) is 4. The predicted octanol–water partition coefficient (Wildman–Crippen LogP) is 3.57. The van der Waals surface area contributed by atoms with Crippen molar-refractivity contribution in [1.82, 2.24) is 10.3 Å². The number of Topliss-reactive ketones (excluding diaryl/α,β-unsaturated/α-hetero) is 1. The summed E-state index contributed by atoms with van der Waals surface area (Å²) in [5, 5.41) is 3.00. The van der Waals surface area contributed by atoms with Gasteiger partial charge in [0, 0.05) is 11.3 Å². The zero-order chi connectivity index (χ0) is 20.4. The highest BCUT2D eigenvalue weighted by molar-refractivity contribution is 6.01. The van der Waals surface area contributed by atoms with Crippen LogP contribution >= 0.6 is 0 Å². The topological polar surface area (TPSA) is 88.3 Å². The molecule has 3 rings (SSSR count). The van der Waals surface area contributed by atoms with Gasteiger partial charge in [-0.2, -0.15) is 0 Å². The number of ketones is 1. The van der Waals surface area contributed by atoms with Crippen molar-refractivity contribution >= 4 is 17.7 Å². The molecule has 6 heteroatoms. The number of carbonyl (C=O) groups is 3. The minimum Gasteiger partial charge on any atom is -0.448 e. The molecule has 0 aliphatic heterocycles. The van der Waals surface area contributed by atoms with Gasteiger partial charge in [-0.1, -0.05) is 24.3 Å². The van der Waals surface area contributed by atoms with Gasteiger partial charge in [0.05, 0.1) is 6.04 Å². The van der Waals surface area contributed by atoms with Crippen LogP contribution in [-0.4, -0.2) is 28.7 Å². The van der Waals surface area contributed by atoms with Crippen LogP contribution in [0.2, 0.25) is 0 Å². The summed E-state index contributed by atoms with van der Waals surface area (Å²) in [7, 11) is 0. The van der Waals surface area contributed by atoms with Gasteiger partial charge in [-0.15, -0.1) is 0 Å². The Kier molecular flexibility index (Phi) is 5.68. The smallest absolute Gasteiger partial charge is 0.355 e. The van der Waals surface area contributed by atoms with Gasteiger partial charge < -0.3 is 15.0 Å². The number of aromatic amines is 1. The lowest BCUT2D eigenvalue weighted by Crippen LogP contribution is -2.39. The minimum absolute atomic E-state index is 0.0719. The second kappa shape index (κ2) is 8.00. The number of carbonyl (C=O) groups excluding carboxylic acids is 3. The first-order chi connectivity index (χ1) is 13.3. The lowest BCUT2D eigenvalue weighted by molar-refractivity contribution is -0.130. The Hall–Kier alpha value is -2.89. The van der Waals surface area contributed by atoms with Gasteiger partial charge >= 0.3 is 5.97 Å². The number of aromatic nitrogens is 1. The first kappa shape index (κ1) is 19.9. The number of hydrogen-bond donors (Lipinski definition) is 2. The van der Waals surface area contributed by atoms with Gasteiger partial charge in [0.25, 0.3) is 5.91 Å². The maximum atomic E-state index is 12.6. The Morgan fingerprint density at radius 1 is 1.21 bits per heavy atom. The molecule has 0 radical (unpaired) electrons. The lowest BCUT2D eigenvalue weighted by Gasteiger charge is -2.27. The van der Waals surface area contributed by atoms with E-state index in [4.69, 9.17) is 4.74 Å². The number of esters is 1. The summed E-state index contributed by atoms with van der Waals surface area (Å²) in [6.45, 7) is 6.44. The van der Waals surface area contributed by atoms with E-state index in [1.54, 1.807) is 20.8 Å². The summed E-state index contributed by atoms with van der Waals surface area (Å²) in [6.07, 6.45) is 1.94. The monoisotopic (exact) mass is 382 g/mol. The number of fused-ring (bicyclic) bond motifs is 1. The number of H-pyrrole nitrogens is 1. The van der Waals surface area contributed by atoms with Crippen molar-refractivity contribution in [3.05, 3.63) is 57.9 Å². The Morgan fingerprint density at radius 2 is 1.93 bits per heavy atom. The highest BCUT2D eigenvalue weighted by atomic mass is 16.5. The number of benzene rings is 1. The lowest BCUT2D eigenvalue weighted by atomic mass is 9.87. The summed E-state index contributed by atoms with van der Waals surface area (Å²) in [5.74, 6) is -1.09. The third kappa shape index (κ3) is 3.86. The van der Waals surface area contributed by atoms with Gasteiger partial charge in [-0.3, -0.25) is 9.59 Å². The molecule has 2 N–H and O–H groups in total. The highest BCUT2D eigenvalue weighted by Crippen LogP contribution is 2.29. The fraction of sp³-hybridized carbons (Fsp3) is 0.409. The number of aryl methyl sites for hydroxylation is 2. The molecule has 0 saturated heterocycles. The summed E-state index contributed by atoms with van der Waals surface area (Å²) in [6, 6.07) is 8.02. The molecule has 1 amide bonds. The molecule has 148 valence electrons. The molecule has 0 bridgehead atoms. The third-order valence-electron chi connectivity index (χ3n) is 5.33. The highest BCUT2D eigenvalue weighted by Gasteiger charge is 2.27. The summed E-state index contributed by atoms with van der Waals surface area (Å²) >= 11 is 0. The molecule has 0 saturated carbocycles. The predicted molar refractivity (Wildman–Crippen MR) is 105 cm³/mol. The molecular formula is C22H26N2O4. The van der Waals surface area contributed by atoms with E-state index in [0.717, 1.165) is 24.8 Å². The van der Waals surface area contributed by atoms with E-state index >= 15 is 0 Å². The average molecular weight is 382 g/mol. The van der Waals surface area contributed by atoms with Crippen LogP contribution in [0.5, 0.6) is 0 Å². The van der Waals surface area contributed by atoms with Crippen LogP contribution in [0.4, 0.5) is 0 Å². The van der Waals surface area contributed by atoms with Gasteiger partial charge in [-0.05, 0) is 63.6 Å². The van der Waals surface area contributed by atoms with E-state index in [-0.39, 0.29) is 23.4 Å². The van der Waals surface area contributed by atoms with E-state index in [1.165, 1.54) is 12.5 Å². The molecule has 1 aliphatic rings. The SMILES string of the molecule is CC(=O)c1c(C)[nH]c(C(=O)O[C@H](C)C(=O)N[C@H]2CCCc3ccccc32)c1C. The summed E-state index contributed by atoms with van der Waals surface area (Å²) in [5.41, 5.74) is 4.24. The van der Waals surface area contributed by atoms with Crippen molar-refractivity contribution in [2.75, 3.05) is 0 Å². The van der Waals surface area contributed by atoms with Crippen LogP contribution in [0, 0.1) is 13.8 Å². The van der Waals surface area contributed by atoms with Crippen LogP contribution in [0.1, 0.15) is 76.0 Å². The Labute approximate surface area is 164 Å². The quantitative estimate of drug-likeness (QED) is 0.611. The van der Waals surface area contributed by atoms with Gasteiger partial charge in [0.1, 0.15) is 5.69 Å². The van der Waals surface area contributed by atoms with Crippen molar-refractivity contribution < 1.29 is 19.1 Å². The van der Waals surface area contributed by atoms with Crippen LogP contribution in [0.3, 0.4) is 0 Å². The minimum atomic E-state index is -0.939. The second-order valence-electron chi connectivity index (χ2n) is 7.38. The van der Waals surface area contributed by atoms with Crippen molar-refractivity contribution in [3.63, 3.8) is 0 Å². The zero-order valence-electron chi connectivity index (χ0n) is 16.7. The first-order valence-corrected chi connectivity index (χ1v) is 9.58. The van der Waals surface area contributed by atoms with E-state index in [1.807, 2.05) is 18.2 Å². The Bertz CT molecular complexity index is 929. The number of rotatable bonds is 5. The molecule has 2 atom stereocenters. The molecule has 28 heavy (non-hydrogen) atoms. The third-order valence-corrected chi connectivity index (χ3v) is 5.33. The molecule has 1 aromatic carbocycles. The Balaban J connectivity index is 1.68. The van der Waals surface area contributed by atoms with Crippen LogP contribution in [0.15, 0.2) is 24.3 Å². The van der Waals surface area contributed by atoms with E-state index in [0.29, 0.717) is 16.8 Å². The molecule has 0 unspecified atom stereocenters. The van der Waals surface area contributed by atoms with Gasteiger partial charge in [0.2, 0.25) is 0 Å². The summed E-state index contributed by atoms with van der Waals surface area (Å²) < 4.78 is 5.36. The van der Waals surface area contributed by atoms with Crippen LogP contribution in [0.25, 0.3) is 0 Å². The van der Waals surface area contributed by atoms with Crippen molar-refractivity contribution in [1.29, 1.82) is 0 Å². The van der Waals surface area contributed by atoms with E-state index < -0.39 is 12.1 Å². The summed E-state index contributed by atoms with van der Waals surface area (Å²) in [4.78, 5) is 39.8. The van der Waals surface area contributed by atoms with Gasteiger partial charge in [-0.25, -0.2) is 4.79 Å². The second-order valence-corrected chi connectivity index (χ2v) is 7.38. The first-order valence-electron chi connectivity index (χ1n) is 9.58. The molecule has 2 aromatic rings. The van der Waals surface area contributed by atoms with E-state index in [2.05, 4.69) is 16.4 Å². The van der Waals surface area contributed by atoms with Crippen molar-refractivity contribution in [2.24, 2.45) is 0 Å². The van der Waals surface area contributed by atoms with Crippen molar-refractivity contribution in [2.45, 2.75) is 59.1 Å². The van der Waals surface area contributed by atoms with Crippen LogP contribution in [-0.2, 0) is 16.0 Å². The standard InChI is InChI=1S/C22H26N2O4/c1-12-19(14(3)25)13(2)23-20(12)22(27)28-15(4)21(26)24-18-11-7-9-16-8-5-6-10-17(16)18/h5-6,8,10,15,18,23H,7,9,11H2,1-4H3,(H,24,26)/t15-,18+/m1/s1. The normalized spacial score (nSPS) is 16.8. The molecule has 0 spiro atoms. The van der Waals surface area contributed by atoms with Crippen LogP contribution < -0.4 is 5.32 Å². The molecular weight excluding hydrogens is 356 g/mol. The Morgan fingerprint density at radius 3 is 2.61 bits per heavy atom. The zero-order valence-corrected chi connectivity index (χ0v) is 16.7. The van der Waals surface area contributed by atoms with Gasteiger partial charge in [0.15, 0.2) is 11.9 Å². The molecule has 1 aliphatic carbocycles. The molecule has 1 aromatic heterocycles. The average Bonchev–Trinajstić information content (AvgIpc) is 2.96. The molecule has 6 nitrogen and oxygen atoms in total. The number of ether oxygens (including phenoxy) is 1. The fourth-order valence-corrected chi connectivity index (χ4v) is 3.95. The number of nitrogens with one attached hydrogen (secondary N) is 2. The maximum Gasteiger partial charge on any atom is 0.355 e. The fourth-order valence-electron chi connectivity index (χ4n) is 3.95. The maximum absolute atomic E-state index is 12.6. The van der Waals surface area contributed by atoms with Crippen molar-refractivity contribution in [3.8, 4) is 0 Å². The largest absolute Gasteiger partial charge is 0.448 e. The molecule has 1 heterocycles. The van der Waals surface area contributed by atoms with E-state index in [9.17, 15) is 14.4 Å². The number of amides is 1.